The Labute approximate surface area is 189 Å². The molecule has 4 aromatic rings. The SMILES string of the molecule is CCc1ccc(OCCC(=O)Nc2nc3scc(-c4ccc(NC(C)=O)cc4)n3n2)cc1. The van der Waals surface area contributed by atoms with Crippen LogP contribution in [0.1, 0.15) is 25.8 Å². The molecule has 4 rings (SSSR count). The first-order valence-electron chi connectivity index (χ1n) is 10.3. The number of aryl methyl sites for hydroxylation is 1. The predicted molar refractivity (Wildman–Crippen MR) is 125 cm³/mol. The Morgan fingerprint density at radius 2 is 1.81 bits per heavy atom. The van der Waals surface area contributed by atoms with Gasteiger partial charge in [-0.3, -0.25) is 14.9 Å². The normalized spacial score (nSPS) is 10.8. The van der Waals surface area contributed by atoms with E-state index in [2.05, 4.69) is 27.6 Å². The van der Waals surface area contributed by atoms with E-state index in [1.165, 1.54) is 23.8 Å². The molecule has 0 spiro atoms. The number of fused-ring (bicyclic) bond motifs is 1. The van der Waals surface area contributed by atoms with Crippen molar-refractivity contribution in [3.8, 4) is 17.0 Å². The maximum Gasteiger partial charge on any atom is 0.250 e. The van der Waals surface area contributed by atoms with E-state index in [0.29, 0.717) is 4.96 Å². The van der Waals surface area contributed by atoms with Crippen molar-refractivity contribution >= 4 is 39.7 Å². The molecule has 0 fully saturated rings. The number of nitrogens with zero attached hydrogens (tertiary/aromatic N) is 3. The minimum atomic E-state index is -0.213. The number of rotatable bonds is 8. The van der Waals surface area contributed by atoms with Crippen molar-refractivity contribution in [1.29, 1.82) is 0 Å². The van der Waals surface area contributed by atoms with Crippen LogP contribution in [0.25, 0.3) is 16.2 Å². The quantitative estimate of drug-likeness (QED) is 0.416. The van der Waals surface area contributed by atoms with Gasteiger partial charge in [-0.1, -0.05) is 31.2 Å². The summed E-state index contributed by atoms with van der Waals surface area (Å²) < 4.78 is 7.33. The van der Waals surface area contributed by atoms with Gasteiger partial charge in [0, 0.05) is 23.6 Å². The summed E-state index contributed by atoms with van der Waals surface area (Å²) in [7, 11) is 0. The number of amides is 2. The van der Waals surface area contributed by atoms with Gasteiger partial charge in [0.2, 0.25) is 22.7 Å². The average molecular weight is 450 g/mol. The van der Waals surface area contributed by atoms with Crippen LogP contribution >= 0.6 is 11.3 Å². The zero-order valence-corrected chi connectivity index (χ0v) is 18.6. The second kappa shape index (κ2) is 9.61. The lowest BCUT2D eigenvalue weighted by Gasteiger charge is -2.06. The van der Waals surface area contributed by atoms with Crippen LogP contribution in [-0.2, 0) is 16.0 Å². The number of hydrogen-bond acceptors (Lipinski definition) is 6. The van der Waals surface area contributed by atoms with E-state index >= 15 is 0 Å². The summed E-state index contributed by atoms with van der Waals surface area (Å²) in [6, 6.07) is 15.3. The largest absolute Gasteiger partial charge is 0.493 e. The van der Waals surface area contributed by atoms with Crippen LogP contribution in [0, 0.1) is 0 Å². The van der Waals surface area contributed by atoms with Crippen molar-refractivity contribution in [3.63, 3.8) is 0 Å². The van der Waals surface area contributed by atoms with Crippen LogP contribution in [0.4, 0.5) is 11.6 Å². The Morgan fingerprint density at radius 3 is 2.50 bits per heavy atom. The van der Waals surface area contributed by atoms with E-state index in [1.54, 1.807) is 4.52 Å². The van der Waals surface area contributed by atoms with E-state index in [-0.39, 0.29) is 30.8 Å². The number of aromatic nitrogens is 3. The van der Waals surface area contributed by atoms with Crippen molar-refractivity contribution in [2.45, 2.75) is 26.7 Å². The molecule has 2 amide bonds. The van der Waals surface area contributed by atoms with E-state index in [4.69, 9.17) is 4.74 Å². The van der Waals surface area contributed by atoms with E-state index in [9.17, 15) is 9.59 Å². The zero-order valence-electron chi connectivity index (χ0n) is 17.8. The smallest absolute Gasteiger partial charge is 0.250 e. The van der Waals surface area contributed by atoms with Gasteiger partial charge in [0.05, 0.1) is 18.7 Å². The van der Waals surface area contributed by atoms with Crippen LogP contribution in [0.15, 0.2) is 53.9 Å². The lowest BCUT2D eigenvalue weighted by molar-refractivity contribution is -0.117. The van der Waals surface area contributed by atoms with Gasteiger partial charge in [-0.05, 0) is 36.2 Å². The Kier molecular flexibility index (Phi) is 6.46. The highest BCUT2D eigenvalue weighted by molar-refractivity contribution is 7.15. The fraction of sp³-hybridized carbons (Fsp3) is 0.217. The highest BCUT2D eigenvalue weighted by Gasteiger charge is 2.13. The first-order chi connectivity index (χ1) is 15.5. The van der Waals surface area contributed by atoms with Gasteiger partial charge in [-0.15, -0.1) is 16.4 Å². The lowest BCUT2D eigenvalue weighted by atomic mass is 10.1. The number of nitrogens with one attached hydrogen (secondary N) is 2. The van der Waals surface area contributed by atoms with Crippen LogP contribution in [0.5, 0.6) is 5.75 Å². The molecule has 2 aromatic heterocycles. The number of thiazole rings is 1. The van der Waals surface area contributed by atoms with Crippen LogP contribution < -0.4 is 15.4 Å². The summed E-state index contributed by atoms with van der Waals surface area (Å²) in [6.45, 7) is 3.84. The molecule has 9 heteroatoms. The van der Waals surface area contributed by atoms with Crippen LogP contribution in [0.3, 0.4) is 0 Å². The fourth-order valence-electron chi connectivity index (χ4n) is 3.13. The molecule has 0 radical (unpaired) electrons. The highest BCUT2D eigenvalue weighted by Crippen LogP contribution is 2.27. The number of ether oxygens (including phenoxy) is 1. The maximum absolute atomic E-state index is 12.3. The molecule has 0 saturated carbocycles. The van der Waals surface area contributed by atoms with Crippen molar-refractivity contribution < 1.29 is 14.3 Å². The molecule has 0 aliphatic rings. The summed E-state index contributed by atoms with van der Waals surface area (Å²) >= 11 is 1.43. The number of benzene rings is 2. The Bertz CT molecular complexity index is 1230. The van der Waals surface area contributed by atoms with Crippen LogP contribution in [0.2, 0.25) is 0 Å². The van der Waals surface area contributed by atoms with Crippen molar-refractivity contribution in [1.82, 2.24) is 14.6 Å². The summed E-state index contributed by atoms with van der Waals surface area (Å²) in [6.07, 6.45) is 1.17. The molecule has 0 aliphatic heterocycles. The molecule has 0 unspecified atom stereocenters. The summed E-state index contributed by atoms with van der Waals surface area (Å²) in [5.41, 5.74) is 3.74. The molecule has 32 heavy (non-hydrogen) atoms. The van der Waals surface area contributed by atoms with E-state index in [0.717, 1.165) is 29.1 Å². The molecule has 8 nitrogen and oxygen atoms in total. The van der Waals surface area contributed by atoms with Gasteiger partial charge >= 0.3 is 0 Å². The van der Waals surface area contributed by atoms with Gasteiger partial charge in [0.25, 0.3) is 0 Å². The van der Waals surface area contributed by atoms with Gasteiger partial charge in [0.15, 0.2) is 0 Å². The molecule has 0 saturated heterocycles. The summed E-state index contributed by atoms with van der Waals surface area (Å²) in [4.78, 5) is 28.5. The van der Waals surface area contributed by atoms with E-state index < -0.39 is 0 Å². The van der Waals surface area contributed by atoms with Crippen molar-refractivity contribution in [3.05, 3.63) is 59.5 Å². The first-order valence-corrected chi connectivity index (χ1v) is 11.1. The predicted octanol–water partition coefficient (Wildman–Crippen LogP) is 4.39. The topological polar surface area (TPSA) is 97.6 Å². The average Bonchev–Trinajstić information content (AvgIpc) is 3.34. The maximum atomic E-state index is 12.3. The third kappa shape index (κ3) is 5.12. The minimum Gasteiger partial charge on any atom is -0.493 e. The van der Waals surface area contributed by atoms with Crippen LogP contribution in [-0.4, -0.2) is 33.0 Å². The first kappa shape index (κ1) is 21.5. The molecule has 2 N–H and O–H groups in total. The Balaban J connectivity index is 1.36. The number of carbonyl (C=O) groups is 2. The Hall–Kier alpha value is -3.72. The second-order valence-corrected chi connectivity index (χ2v) is 7.99. The molecule has 164 valence electrons. The monoisotopic (exact) mass is 449 g/mol. The van der Waals surface area contributed by atoms with Crippen molar-refractivity contribution in [2.24, 2.45) is 0 Å². The number of carbonyl (C=O) groups excluding carboxylic acids is 2. The zero-order chi connectivity index (χ0) is 22.5. The lowest BCUT2D eigenvalue weighted by Crippen LogP contribution is -2.16. The molecular formula is C23H23N5O3S. The third-order valence-electron chi connectivity index (χ3n) is 4.76. The fourth-order valence-corrected chi connectivity index (χ4v) is 3.96. The molecule has 2 aromatic carbocycles. The molecule has 0 aliphatic carbocycles. The summed E-state index contributed by atoms with van der Waals surface area (Å²) in [5, 5.41) is 11.8. The molecule has 2 heterocycles. The molecule has 0 bridgehead atoms. The van der Waals surface area contributed by atoms with Gasteiger partial charge < -0.3 is 10.1 Å². The molecular weight excluding hydrogens is 426 g/mol. The van der Waals surface area contributed by atoms with Gasteiger partial charge in [-0.2, -0.15) is 4.98 Å². The Morgan fingerprint density at radius 1 is 1.06 bits per heavy atom. The summed E-state index contributed by atoms with van der Waals surface area (Å²) in [5.74, 6) is 0.664. The third-order valence-corrected chi connectivity index (χ3v) is 5.58. The van der Waals surface area contributed by atoms with Gasteiger partial charge in [-0.25, -0.2) is 4.52 Å². The van der Waals surface area contributed by atoms with Crippen molar-refractivity contribution in [2.75, 3.05) is 17.2 Å². The van der Waals surface area contributed by atoms with E-state index in [1.807, 2.05) is 53.9 Å². The number of anilines is 2. The minimum absolute atomic E-state index is 0.118. The standard InChI is InChI=1S/C23H23N5O3S/c1-3-16-4-10-19(11-5-16)31-13-12-21(30)25-22-26-23-28(27-22)20(14-32-23)17-6-8-18(9-7-17)24-15(2)29/h4-11,14H,3,12-13H2,1-2H3,(H,24,29)(H,25,27,30). The highest BCUT2D eigenvalue weighted by atomic mass is 32.1. The number of hydrogen-bond donors (Lipinski definition) is 2. The molecule has 0 atom stereocenters. The second-order valence-electron chi connectivity index (χ2n) is 7.15. The van der Waals surface area contributed by atoms with Gasteiger partial charge in [0.1, 0.15) is 5.75 Å².